The fourth-order valence-electron chi connectivity index (χ4n) is 0.490. The van der Waals surface area contributed by atoms with Crippen LogP contribution in [0.4, 0.5) is 0 Å². The van der Waals surface area contributed by atoms with Gasteiger partial charge in [0.15, 0.2) is 0 Å². The molecule has 42 valence electrons. The Morgan fingerprint density at radius 1 is 1.71 bits per heavy atom. The molecule has 0 aromatic rings. The second-order valence-electron chi connectivity index (χ2n) is 1.35. The summed E-state index contributed by atoms with van der Waals surface area (Å²) in [7, 11) is -2.66. The maximum atomic E-state index is 7.43. The van der Waals surface area contributed by atoms with Gasteiger partial charge in [-0.25, -0.2) is 0 Å². The van der Waals surface area contributed by atoms with Crippen molar-refractivity contribution in [2.75, 3.05) is 7.04 Å². The molecule has 1 rings (SSSR count). The van der Waals surface area contributed by atoms with Crippen molar-refractivity contribution < 1.29 is 14.3 Å². The number of ether oxygens (including phenoxy) is 1. The van der Waals surface area contributed by atoms with E-state index >= 15 is 0 Å². The second-order valence-corrected chi connectivity index (χ2v) is 1.35. The Kier molecular flexibility index (Phi) is 0.419. The normalized spacial score (nSPS) is 89.7. The molecule has 0 aromatic carbocycles. The Bertz CT molecular complexity index is 191. The van der Waals surface area contributed by atoms with Crippen molar-refractivity contribution in [2.45, 2.75) is 31.7 Å². The Balaban J connectivity index is 2.70. The Hall–Kier alpha value is -0.0400. The molecule has 0 aromatic heterocycles. The Morgan fingerprint density at radius 3 is 3.00 bits per heavy atom. The number of hydrogen-bond acceptors (Lipinski definition) is 1. The van der Waals surface area contributed by atoms with Crippen LogP contribution in [0, 0.1) is 0 Å². The highest BCUT2D eigenvalue weighted by atomic mass is 16.5. The lowest BCUT2D eigenvalue weighted by Crippen LogP contribution is -2.01. The minimum atomic E-state index is -2.66. The van der Waals surface area contributed by atoms with E-state index in [0.29, 0.717) is 0 Å². The van der Waals surface area contributed by atoms with Gasteiger partial charge in [-0.3, -0.25) is 0 Å². The molecule has 0 spiro atoms. The Labute approximate surface area is 54.5 Å². The van der Waals surface area contributed by atoms with Crippen LogP contribution in [0.15, 0.2) is 0 Å². The quantitative estimate of drug-likeness (QED) is 0.494. The van der Waals surface area contributed by atoms with Crippen molar-refractivity contribution >= 4 is 0 Å². The molecule has 0 aliphatic heterocycles. The van der Waals surface area contributed by atoms with Crippen LogP contribution < -0.4 is 0 Å². The zero-order valence-electron chi connectivity index (χ0n) is 10.8. The topological polar surface area (TPSA) is 9.23 Å². The molecule has 0 N–H and O–H groups in total. The van der Waals surface area contributed by atoms with Gasteiger partial charge in [0.25, 0.3) is 0 Å². The minimum absolute atomic E-state index is 1.06. The number of methoxy groups -OCH3 is 1. The Morgan fingerprint density at radius 2 is 2.43 bits per heavy atom. The molecule has 4 unspecified atom stereocenters. The molecule has 1 aliphatic carbocycles. The van der Waals surface area contributed by atoms with E-state index in [0.717, 1.165) is 0 Å². The first kappa shape index (κ1) is 1.27. The molecule has 1 heteroatoms. The highest BCUT2D eigenvalue weighted by molar-refractivity contribution is 4.65. The van der Waals surface area contributed by atoms with E-state index in [2.05, 4.69) is 4.74 Å². The van der Waals surface area contributed by atoms with E-state index in [4.69, 9.17) is 9.60 Å². The average molecular weight is 107 g/mol. The summed E-state index contributed by atoms with van der Waals surface area (Å²) in [5, 5.41) is 0. The van der Waals surface area contributed by atoms with Crippen LogP contribution >= 0.6 is 0 Å². The fourth-order valence-corrected chi connectivity index (χ4v) is 0.490. The van der Waals surface area contributed by atoms with Gasteiger partial charge in [-0.05, 0) is 12.8 Å². The molecule has 0 bridgehead atoms. The summed E-state index contributed by atoms with van der Waals surface area (Å²) in [6.45, 7) is 0. The van der Waals surface area contributed by atoms with Gasteiger partial charge in [-0.2, -0.15) is 0 Å². The summed E-state index contributed by atoms with van der Waals surface area (Å²) in [6.07, 6.45) is -5.54. The highest BCUT2D eigenvalue weighted by Gasteiger charge is 2.12. The maximum Gasteiger partial charge on any atom is 0.0571 e. The highest BCUT2D eigenvalue weighted by Crippen LogP contribution is 2.19. The lowest BCUT2D eigenvalue weighted by molar-refractivity contribution is 0.109. The van der Waals surface area contributed by atoms with Crippen LogP contribution in [0.5, 0.6) is 0 Å². The minimum Gasteiger partial charge on any atom is -0.381 e. The first-order valence-electron chi connectivity index (χ1n) is 5.92. The van der Waals surface area contributed by atoms with E-state index < -0.39 is 38.7 Å². The summed E-state index contributed by atoms with van der Waals surface area (Å²) < 4.78 is 54.6. The lowest BCUT2D eigenvalue weighted by atomic mass is 10.3. The standard InChI is InChI=1S/C6H12O/c1-7-6-4-2-3-5-6/h6H,2-5H2,1H3/i1D3,2D,3D,4D,5D. The fraction of sp³-hybridized carbons (Fsp3) is 1.00. The molecule has 7 heavy (non-hydrogen) atoms. The van der Waals surface area contributed by atoms with Gasteiger partial charge in [-0.15, -0.1) is 0 Å². The van der Waals surface area contributed by atoms with Crippen molar-refractivity contribution in [3.63, 3.8) is 0 Å². The van der Waals surface area contributed by atoms with E-state index in [1.807, 2.05) is 0 Å². The summed E-state index contributed by atoms with van der Waals surface area (Å²) in [5.74, 6) is 0. The van der Waals surface area contributed by atoms with Crippen molar-refractivity contribution in [3.05, 3.63) is 0 Å². The first-order chi connectivity index (χ1) is 6.24. The lowest BCUT2D eigenvalue weighted by Gasteiger charge is -2.02. The molecule has 1 aliphatic rings. The average Bonchev–Trinajstić information content (AvgIpc) is 2.20. The van der Waals surface area contributed by atoms with Crippen LogP contribution in [0.3, 0.4) is 0 Å². The van der Waals surface area contributed by atoms with Crippen LogP contribution in [-0.4, -0.2) is 13.1 Å². The van der Waals surface area contributed by atoms with Gasteiger partial charge in [0, 0.05) is 12.5 Å². The molecule has 4 atom stereocenters. The van der Waals surface area contributed by atoms with Crippen LogP contribution in [0.1, 0.15) is 35.2 Å². The maximum absolute atomic E-state index is 7.43. The molecular formula is C6H12O. The van der Waals surface area contributed by atoms with E-state index in [1.54, 1.807) is 0 Å². The predicted molar refractivity (Wildman–Crippen MR) is 29.3 cm³/mol. The van der Waals surface area contributed by atoms with Crippen molar-refractivity contribution in [1.82, 2.24) is 0 Å². The van der Waals surface area contributed by atoms with E-state index in [-0.39, 0.29) is 0 Å². The third-order valence-corrected chi connectivity index (χ3v) is 0.849. The van der Waals surface area contributed by atoms with Crippen LogP contribution in [0.25, 0.3) is 0 Å². The van der Waals surface area contributed by atoms with Crippen LogP contribution in [-0.2, 0) is 4.74 Å². The molecule has 1 fully saturated rings. The van der Waals surface area contributed by atoms with Gasteiger partial charge in [0.1, 0.15) is 0 Å². The molecule has 0 saturated heterocycles. The first-order valence-corrected chi connectivity index (χ1v) is 2.11. The van der Waals surface area contributed by atoms with E-state index in [1.165, 1.54) is 0 Å². The van der Waals surface area contributed by atoms with Gasteiger partial charge < -0.3 is 4.74 Å². The number of hydrogen-bond donors (Lipinski definition) is 0. The molecule has 1 nitrogen and oxygen atoms in total. The summed E-state index contributed by atoms with van der Waals surface area (Å²) in [4.78, 5) is 0. The summed E-state index contributed by atoms with van der Waals surface area (Å²) in [5.41, 5.74) is 0. The van der Waals surface area contributed by atoms with Gasteiger partial charge >= 0.3 is 0 Å². The summed E-state index contributed by atoms with van der Waals surface area (Å²) >= 11 is 0. The molecule has 0 radical (unpaired) electrons. The van der Waals surface area contributed by atoms with Crippen molar-refractivity contribution in [2.24, 2.45) is 0 Å². The third kappa shape index (κ3) is 1.16. The molecular weight excluding hydrogens is 88.1 g/mol. The molecule has 0 heterocycles. The third-order valence-electron chi connectivity index (χ3n) is 0.849. The SMILES string of the molecule is [2H]C1C([2H])C([2H])C(OC([2H])([2H])[2H])C1[2H]. The monoisotopic (exact) mass is 107 g/mol. The van der Waals surface area contributed by atoms with Crippen molar-refractivity contribution in [3.8, 4) is 0 Å². The van der Waals surface area contributed by atoms with Crippen molar-refractivity contribution in [1.29, 1.82) is 0 Å². The largest absolute Gasteiger partial charge is 0.381 e. The zero-order chi connectivity index (χ0) is 11.1. The van der Waals surface area contributed by atoms with Crippen LogP contribution in [0.2, 0.25) is 0 Å². The second kappa shape index (κ2) is 2.31. The summed E-state index contributed by atoms with van der Waals surface area (Å²) in [6, 6.07) is 0. The zero-order valence-corrected chi connectivity index (χ0v) is 3.79. The number of rotatable bonds is 1. The van der Waals surface area contributed by atoms with Gasteiger partial charge in [0.05, 0.1) is 10.2 Å². The predicted octanol–water partition coefficient (Wildman–Crippen LogP) is 1.58. The van der Waals surface area contributed by atoms with Gasteiger partial charge in [0.2, 0.25) is 0 Å². The molecule has 1 saturated carbocycles. The smallest absolute Gasteiger partial charge is 0.0571 e. The molecule has 0 amide bonds. The van der Waals surface area contributed by atoms with Gasteiger partial charge in [-0.1, -0.05) is 12.8 Å². The van der Waals surface area contributed by atoms with E-state index in [9.17, 15) is 0 Å².